The van der Waals surface area contributed by atoms with E-state index in [1.807, 2.05) is 13.0 Å². The van der Waals surface area contributed by atoms with Crippen LogP contribution in [-0.4, -0.2) is 10.2 Å². The van der Waals surface area contributed by atoms with Crippen LogP contribution in [0.4, 0.5) is 0 Å². The van der Waals surface area contributed by atoms with Crippen molar-refractivity contribution in [3.63, 3.8) is 0 Å². The molecule has 1 aromatic carbocycles. The molecule has 0 saturated heterocycles. The number of hydrogen-bond donors (Lipinski definition) is 2. The third-order valence-electron chi connectivity index (χ3n) is 4.20. The average Bonchev–Trinajstić information content (AvgIpc) is 2.33. The SMILES string of the molecule is C=C[C@@]1(C)Cc2c(O)ccc(O)c2C[C@H]1C(=C)C. The van der Waals surface area contributed by atoms with Crippen molar-refractivity contribution in [3.8, 4) is 11.5 Å². The Balaban J connectivity index is 2.58. The number of benzene rings is 1. The fourth-order valence-corrected chi connectivity index (χ4v) is 2.99. The van der Waals surface area contributed by atoms with Crippen molar-refractivity contribution in [2.75, 3.05) is 0 Å². The maximum absolute atomic E-state index is 9.97. The summed E-state index contributed by atoms with van der Waals surface area (Å²) in [5.41, 5.74) is 2.66. The molecule has 2 atom stereocenters. The second kappa shape index (κ2) is 4.20. The number of fused-ring (bicyclic) bond motifs is 1. The monoisotopic (exact) mass is 244 g/mol. The van der Waals surface area contributed by atoms with Crippen molar-refractivity contribution in [2.45, 2.75) is 26.7 Å². The summed E-state index contributed by atoms with van der Waals surface area (Å²) < 4.78 is 0. The molecule has 96 valence electrons. The van der Waals surface area contributed by atoms with Crippen LogP contribution < -0.4 is 0 Å². The van der Waals surface area contributed by atoms with Crippen molar-refractivity contribution in [1.82, 2.24) is 0 Å². The summed E-state index contributed by atoms with van der Waals surface area (Å²) in [4.78, 5) is 0. The highest BCUT2D eigenvalue weighted by Crippen LogP contribution is 2.48. The molecule has 0 aromatic heterocycles. The molecule has 0 aliphatic heterocycles. The van der Waals surface area contributed by atoms with Crippen LogP contribution in [0.3, 0.4) is 0 Å². The fourth-order valence-electron chi connectivity index (χ4n) is 2.99. The lowest BCUT2D eigenvalue weighted by molar-refractivity contribution is 0.263. The van der Waals surface area contributed by atoms with Gasteiger partial charge in [-0.2, -0.15) is 0 Å². The van der Waals surface area contributed by atoms with Gasteiger partial charge in [-0.25, -0.2) is 0 Å². The van der Waals surface area contributed by atoms with E-state index >= 15 is 0 Å². The van der Waals surface area contributed by atoms with Gasteiger partial charge >= 0.3 is 0 Å². The molecule has 1 aliphatic rings. The zero-order chi connectivity index (χ0) is 13.5. The molecule has 0 unspecified atom stereocenters. The number of aromatic hydroxyl groups is 2. The van der Waals surface area contributed by atoms with Crippen molar-refractivity contribution < 1.29 is 10.2 Å². The normalized spacial score (nSPS) is 26.4. The topological polar surface area (TPSA) is 40.5 Å². The van der Waals surface area contributed by atoms with E-state index in [1.54, 1.807) is 12.1 Å². The van der Waals surface area contributed by atoms with E-state index in [-0.39, 0.29) is 22.8 Å². The molecular weight excluding hydrogens is 224 g/mol. The van der Waals surface area contributed by atoms with Crippen LogP contribution in [0.15, 0.2) is 36.9 Å². The number of allylic oxidation sites excluding steroid dienone is 2. The van der Waals surface area contributed by atoms with Crippen molar-refractivity contribution in [1.29, 1.82) is 0 Å². The van der Waals surface area contributed by atoms with E-state index in [0.717, 1.165) is 16.7 Å². The lowest BCUT2D eigenvalue weighted by atomic mass is 9.63. The first kappa shape index (κ1) is 12.7. The maximum atomic E-state index is 9.97. The molecule has 2 N–H and O–H groups in total. The van der Waals surface area contributed by atoms with Gasteiger partial charge in [0.05, 0.1) is 0 Å². The van der Waals surface area contributed by atoms with Crippen molar-refractivity contribution in [2.24, 2.45) is 11.3 Å². The Bertz CT molecular complexity index is 516. The Morgan fingerprint density at radius 3 is 2.39 bits per heavy atom. The second-order valence-electron chi connectivity index (χ2n) is 5.55. The molecule has 2 rings (SSSR count). The minimum absolute atomic E-state index is 0.121. The second-order valence-corrected chi connectivity index (χ2v) is 5.55. The van der Waals surface area contributed by atoms with Gasteiger partial charge in [0.2, 0.25) is 0 Å². The van der Waals surface area contributed by atoms with Crippen LogP contribution in [0.25, 0.3) is 0 Å². The molecule has 2 heteroatoms. The summed E-state index contributed by atoms with van der Waals surface area (Å²) in [6.07, 6.45) is 3.33. The van der Waals surface area contributed by atoms with Crippen LogP contribution in [0.2, 0.25) is 0 Å². The Morgan fingerprint density at radius 1 is 1.33 bits per heavy atom. The van der Waals surface area contributed by atoms with Gasteiger partial charge in [-0.3, -0.25) is 0 Å². The van der Waals surface area contributed by atoms with E-state index in [0.29, 0.717) is 12.8 Å². The molecule has 0 spiro atoms. The van der Waals surface area contributed by atoms with Gasteiger partial charge in [0, 0.05) is 11.1 Å². The van der Waals surface area contributed by atoms with Gasteiger partial charge in [0.15, 0.2) is 0 Å². The predicted octanol–water partition coefficient (Wildman–Crippen LogP) is 3.58. The van der Waals surface area contributed by atoms with E-state index < -0.39 is 0 Å². The Hall–Kier alpha value is -1.70. The molecule has 1 aliphatic carbocycles. The number of rotatable bonds is 2. The maximum Gasteiger partial charge on any atom is 0.119 e. The van der Waals surface area contributed by atoms with Gasteiger partial charge in [-0.1, -0.05) is 25.2 Å². The molecular formula is C16H20O2. The molecule has 0 heterocycles. The third-order valence-corrected chi connectivity index (χ3v) is 4.20. The van der Waals surface area contributed by atoms with Crippen molar-refractivity contribution in [3.05, 3.63) is 48.1 Å². The Labute approximate surface area is 108 Å². The number of phenols is 2. The summed E-state index contributed by atoms with van der Waals surface area (Å²) in [5.74, 6) is 0.770. The lowest BCUT2D eigenvalue weighted by Crippen LogP contribution is -2.34. The Morgan fingerprint density at radius 2 is 1.89 bits per heavy atom. The van der Waals surface area contributed by atoms with E-state index in [9.17, 15) is 10.2 Å². The lowest BCUT2D eigenvalue weighted by Gasteiger charge is -2.41. The summed E-state index contributed by atoms with van der Waals surface area (Å²) in [5, 5.41) is 19.9. The smallest absolute Gasteiger partial charge is 0.119 e. The third kappa shape index (κ3) is 1.82. The molecule has 0 amide bonds. The first-order chi connectivity index (χ1) is 8.39. The van der Waals surface area contributed by atoms with Crippen LogP contribution in [-0.2, 0) is 12.8 Å². The molecule has 1 aromatic rings. The zero-order valence-corrected chi connectivity index (χ0v) is 11.0. The summed E-state index contributed by atoms with van der Waals surface area (Å²) in [6.45, 7) is 12.1. The fraction of sp³-hybridized carbons (Fsp3) is 0.375. The van der Waals surface area contributed by atoms with Crippen LogP contribution >= 0.6 is 0 Å². The molecule has 0 radical (unpaired) electrons. The highest BCUT2D eigenvalue weighted by atomic mass is 16.3. The van der Waals surface area contributed by atoms with Gasteiger partial charge in [0.1, 0.15) is 11.5 Å². The van der Waals surface area contributed by atoms with Crippen LogP contribution in [0.1, 0.15) is 25.0 Å². The number of hydrogen-bond acceptors (Lipinski definition) is 2. The molecule has 18 heavy (non-hydrogen) atoms. The van der Waals surface area contributed by atoms with Crippen molar-refractivity contribution >= 4 is 0 Å². The quantitative estimate of drug-likeness (QED) is 0.616. The number of phenolic OH excluding ortho intramolecular Hbond substituents is 2. The first-order valence-electron chi connectivity index (χ1n) is 6.20. The van der Waals surface area contributed by atoms with Crippen LogP contribution in [0.5, 0.6) is 11.5 Å². The highest BCUT2D eigenvalue weighted by molar-refractivity contribution is 5.51. The molecule has 0 saturated carbocycles. The van der Waals surface area contributed by atoms with Gasteiger partial charge in [-0.15, -0.1) is 6.58 Å². The minimum Gasteiger partial charge on any atom is -0.508 e. The standard InChI is InChI=1S/C16H20O2/c1-5-16(4)9-12-11(8-13(16)10(2)3)14(17)6-7-15(12)18/h5-7,13,17-18H,1-2,8-9H2,3-4H3/t13-,16-/m0/s1. The van der Waals surface area contributed by atoms with Gasteiger partial charge < -0.3 is 10.2 Å². The molecule has 0 bridgehead atoms. The van der Waals surface area contributed by atoms with Gasteiger partial charge in [0.25, 0.3) is 0 Å². The van der Waals surface area contributed by atoms with E-state index in [2.05, 4.69) is 20.1 Å². The van der Waals surface area contributed by atoms with E-state index in [1.165, 1.54) is 0 Å². The minimum atomic E-state index is -0.121. The highest BCUT2D eigenvalue weighted by Gasteiger charge is 2.39. The summed E-state index contributed by atoms with van der Waals surface area (Å²) in [7, 11) is 0. The largest absolute Gasteiger partial charge is 0.508 e. The summed E-state index contributed by atoms with van der Waals surface area (Å²) in [6, 6.07) is 3.11. The first-order valence-corrected chi connectivity index (χ1v) is 6.20. The summed E-state index contributed by atoms with van der Waals surface area (Å²) >= 11 is 0. The zero-order valence-electron chi connectivity index (χ0n) is 11.0. The Kier molecular flexibility index (Phi) is 2.97. The average molecular weight is 244 g/mol. The van der Waals surface area contributed by atoms with E-state index in [4.69, 9.17) is 0 Å². The van der Waals surface area contributed by atoms with Crippen LogP contribution in [0, 0.1) is 11.3 Å². The molecule has 2 nitrogen and oxygen atoms in total. The molecule has 0 fully saturated rings. The van der Waals surface area contributed by atoms with Gasteiger partial charge in [-0.05, 0) is 43.2 Å². The predicted molar refractivity (Wildman–Crippen MR) is 73.8 cm³/mol.